The smallest absolute Gasteiger partial charge is 0.323 e. The van der Waals surface area contributed by atoms with Gasteiger partial charge in [-0.3, -0.25) is 0 Å². The van der Waals surface area contributed by atoms with Crippen LogP contribution >= 0.6 is 11.6 Å². The van der Waals surface area contributed by atoms with Crippen LogP contribution in [0.5, 0.6) is 0 Å². The van der Waals surface area contributed by atoms with Gasteiger partial charge in [0.25, 0.3) is 0 Å². The van der Waals surface area contributed by atoms with E-state index >= 15 is 0 Å². The first kappa shape index (κ1) is 26.1. The van der Waals surface area contributed by atoms with Crippen molar-refractivity contribution in [3.63, 3.8) is 0 Å². The molecule has 1 fully saturated rings. The molecular formula is C27H24ClF2N7O2. The Morgan fingerprint density at radius 1 is 0.897 bits per heavy atom. The maximum Gasteiger partial charge on any atom is 0.323 e. The van der Waals surface area contributed by atoms with Crippen molar-refractivity contribution in [1.82, 2.24) is 9.97 Å². The summed E-state index contributed by atoms with van der Waals surface area (Å²) in [5.74, 6) is -0.832. The van der Waals surface area contributed by atoms with Crippen LogP contribution < -0.4 is 26.2 Å². The van der Waals surface area contributed by atoms with Crippen molar-refractivity contribution in [2.24, 2.45) is 0 Å². The van der Waals surface area contributed by atoms with Gasteiger partial charge in [0.2, 0.25) is 5.95 Å². The van der Waals surface area contributed by atoms with Crippen molar-refractivity contribution in [2.75, 3.05) is 52.5 Å². The second-order valence-electron chi connectivity index (χ2n) is 8.54. The number of carbonyl (C=O) groups is 1. The van der Waals surface area contributed by atoms with Crippen LogP contribution in [0.3, 0.4) is 0 Å². The van der Waals surface area contributed by atoms with Crippen molar-refractivity contribution in [3.8, 4) is 0 Å². The van der Waals surface area contributed by atoms with Gasteiger partial charge in [-0.05, 0) is 48.5 Å². The molecule has 39 heavy (non-hydrogen) atoms. The summed E-state index contributed by atoms with van der Waals surface area (Å²) in [6, 6.07) is 16.7. The molecule has 2 heterocycles. The van der Waals surface area contributed by atoms with Crippen molar-refractivity contribution in [2.45, 2.75) is 0 Å². The molecule has 0 atom stereocenters. The summed E-state index contributed by atoms with van der Waals surface area (Å²) in [6.07, 6.45) is 1.46. The first-order chi connectivity index (χ1) is 18.9. The topological polar surface area (TPSA) is 103 Å². The third-order valence-electron chi connectivity index (χ3n) is 5.85. The van der Waals surface area contributed by atoms with Gasteiger partial charge in [-0.1, -0.05) is 23.7 Å². The van der Waals surface area contributed by atoms with E-state index in [2.05, 4.69) is 36.1 Å². The van der Waals surface area contributed by atoms with Crippen LogP contribution in [0.1, 0.15) is 0 Å². The molecule has 1 saturated heterocycles. The van der Waals surface area contributed by atoms with E-state index in [4.69, 9.17) is 16.3 Å². The van der Waals surface area contributed by atoms with Crippen molar-refractivity contribution >= 4 is 57.8 Å². The molecule has 2 amide bonds. The molecule has 0 unspecified atom stereocenters. The van der Waals surface area contributed by atoms with Gasteiger partial charge in [0.15, 0.2) is 5.82 Å². The summed E-state index contributed by atoms with van der Waals surface area (Å²) in [7, 11) is 0. The summed E-state index contributed by atoms with van der Waals surface area (Å²) in [6.45, 7) is 3.12. The van der Waals surface area contributed by atoms with E-state index in [-0.39, 0.29) is 10.7 Å². The Morgan fingerprint density at radius 2 is 1.62 bits per heavy atom. The van der Waals surface area contributed by atoms with E-state index in [1.807, 2.05) is 24.3 Å². The average molecular weight is 552 g/mol. The minimum absolute atomic E-state index is 0.254. The van der Waals surface area contributed by atoms with E-state index in [1.165, 1.54) is 6.20 Å². The number of para-hydroxylation sites is 2. The first-order valence-electron chi connectivity index (χ1n) is 12.1. The fourth-order valence-electron chi connectivity index (χ4n) is 3.92. The Bertz CT molecular complexity index is 1470. The number of hydrogen-bond acceptors (Lipinski definition) is 7. The number of aromatic nitrogens is 2. The molecule has 9 nitrogen and oxygen atoms in total. The Kier molecular flexibility index (Phi) is 7.99. The largest absolute Gasteiger partial charge is 0.378 e. The molecule has 1 aromatic heterocycles. The van der Waals surface area contributed by atoms with E-state index in [0.717, 1.165) is 42.7 Å². The van der Waals surface area contributed by atoms with Gasteiger partial charge in [-0.25, -0.2) is 18.6 Å². The number of hydrogen-bond donors (Lipinski definition) is 4. The molecule has 200 valence electrons. The number of benzene rings is 3. The standard InChI is InChI=1S/C27H24ClF2N7O2/c28-20-16-31-26(32-18-6-8-19(9-7-18)37-11-13-39-14-12-37)36-25(20)33-22-3-1-2-4-23(22)34-27(38)35-24-15-17(29)5-10-21(24)30/h1-10,15-16H,11-14H2,(H2,34,35,38)(H2,31,32,33,36). The normalized spacial score (nSPS) is 13.1. The van der Waals surface area contributed by atoms with Gasteiger partial charge >= 0.3 is 6.03 Å². The monoisotopic (exact) mass is 551 g/mol. The third kappa shape index (κ3) is 6.70. The maximum atomic E-state index is 13.9. The second-order valence-corrected chi connectivity index (χ2v) is 8.94. The molecule has 5 rings (SSSR count). The van der Waals surface area contributed by atoms with E-state index < -0.39 is 17.7 Å². The number of carbonyl (C=O) groups excluding carboxylic acids is 1. The van der Waals surface area contributed by atoms with Crippen LogP contribution in [0.2, 0.25) is 5.02 Å². The van der Waals surface area contributed by atoms with Crippen molar-refractivity contribution in [1.29, 1.82) is 0 Å². The Hall–Kier alpha value is -4.48. The van der Waals surface area contributed by atoms with E-state index in [9.17, 15) is 13.6 Å². The molecule has 4 N–H and O–H groups in total. The summed E-state index contributed by atoms with van der Waals surface area (Å²) in [5, 5.41) is 11.4. The number of nitrogens with zero attached hydrogens (tertiary/aromatic N) is 3. The molecular weight excluding hydrogens is 528 g/mol. The lowest BCUT2D eigenvalue weighted by atomic mass is 10.2. The van der Waals surface area contributed by atoms with Gasteiger partial charge in [-0.15, -0.1) is 0 Å². The number of nitrogens with one attached hydrogen (secondary N) is 4. The first-order valence-corrected chi connectivity index (χ1v) is 12.4. The molecule has 4 aromatic rings. The molecule has 0 saturated carbocycles. The summed E-state index contributed by atoms with van der Waals surface area (Å²) >= 11 is 6.35. The fraction of sp³-hybridized carbons (Fsp3) is 0.148. The summed E-state index contributed by atoms with van der Waals surface area (Å²) < 4.78 is 32.8. The van der Waals surface area contributed by atoms with Crippen LogP contribution in [-0.2, 0) is 4.74 Å². The molecule has 3 aromatic carbocycles. The Balaban J connectivity index is 1.27. The van der Waals surface area contributed by atoms with E-state index in [1.54, 1.807) is 24.3 Å². The number of amides is 2. The highest BCUT2D eigenvalue weighted by Crippen LogP contribution is 2.30. The number of morpholine rings is 1. The average Bonchev–Trinajstić information content (AvgIpc) is 2.94. The van der Waals surface area contributed by atoms with Crippen molar-refractivity contribution < 1.29 is 18.3 Å². The number of ether oxygens (including phenoxy) is 1. The van der Waals surface area contributed by atoms with Crippen LogP contribution in [0, 0.1) is 11.6 Å². The molecule has 12 heteroatoms. The zero-order valence-corrected chi connectivity index (χ0v) is 21.3. The van der Waals surface area contributed by atoms with Crippen LogP contribution in [-0.4, -0.2) is 42.3 Å². The Morgan fingerprint density at radius 3 is 2.38 bits per heavy atom. The predicted octanol–water partition coefficient (Wildman–Crippen LogP) is 6.38. The zero-order valence-electron chi connectivity index (χ0n) is 20.5. The SMILES string of the molecule is O=C(Nc1cc(F)ccc1F)Nc1ccccc1Nc1nc(Nc2ccc(N3CCOCC3)cc2)ncc1Cl. The second kappa shape index (κ2) is 11.9. The molecule has 0 bridgehead atoms. The lowest BCUT2D eigenvalue weighted by Gasteiger charge is -2.28. The van der Waals surface area contributed by atoms with Gasteiger partial charge in [0.05, 0.1) is 36.5 Å². The lowest BCUT2D eigenvalue weighted by Crippen LogP contribution is -2.36. The zero-order chi connectivity index (χ0) is 27.2. The molecule has 1 aliphatic rings. The number of halogens is 3. The molecule has 0 radical (unpaired) electrons. The number of anilines is 7. The maximum absolute atomic E-state index is 13.9. The van der Waals surface area contributed by atoms with Gasteiger partial charge in [0, 0.05) is 30.5 Å². The van der Waals surface area contributed by atoms with Crippen LogP contribution in [0.15, 0.2) is 72.9 Å². The predicted molar refractivity (Wildman–Crippen MR) is 149 cm³/mol. The van der Waals surface area contributed by atoms with Crippen molar-refractivity contribution in [3.05, 3.63) is 89.6 Å². The summed E-state index contributed by atoms with van der Waals surface area (Å²) in [5.41, 5.74) is 2.44. The minimum Gasteiger partial charge on any atom is -0.378 e. The molecule has 0 aliphatic carbocycles. The van der Waals surface area contributed by atoms with Crippen LogP contribution in [0.25, 0.3) is 0 Å². The molecule has 1 aliphatic heterocycles. The quantitative estimate of drug-likeness (QED) is 0.211. The minimum atomic E-state index is -0.763. The number of urea groups is 1. The highest BCUT2D eigenvalue weighted by atomic mass is 35.5. The molecule has 0 spiro atoms. The lowest BCUT2D eigenvalue weighted by molar-refractivity contribution is 0.122. The van der Waals surface area contributed by atoms with Gasteiger partial charge in [0.1, 0.15) is 16.7 Å². The van der Waals surface area contributed by atoms with Gasteiger partial charge < -0.3 is 30.9 Å². The summed E-state index contributed by atoms with van der Waals surface area (Å²) in [4.78, 5) is 23.5. The number of rotatable bonds is 7. The van der Waals surface area contributed by atoms with E-state index in [0.29, 0.717) is 36.4 Å². The van der Waals surface area contributed by atoms with Gasteiger partial charge in [-0.2, -0.15) is 4.98 Å². The van der Waals surface area contributed by atoms with Crippen LogP contribution in [0.4, 0.5) is 53.8 Å². The third-order valence-corrected chi connectivity index (χ3v) is 6.13. The Labute approximate surface area is 228 Å². The highest BCUT2D eigenvalue weighted by molar-refractivity contribution is 6.33. The fourth-order valence-corrected chi connectivity index (χ4v) is 4.06. The highest BCUT2D eigenvalue weighted by Gasteiger charge is 2.14.